The Kier molecular flexibility index (Phi) is 6.66. The average Bonchev–Trinajstić information content (AvgIpc) is 2.59. The smallest absolute Gasteiger partial charge is 0.331 e. The summed E-state index contributed by atoms with van der Waals surface area (Å²) >= 11 is 0. The number of carbonyl (C=O) groups excluding carboxylic acids is 2. The van der Waals surface area contributed by atoms with Gasteiger partial charge in [0.2, 0.25) is 5.91 Å². The monoisotopic (exact) mass is 426 g/mol. The molecule has 0 spiro atoms. The second-order valence-electron chi connectivity index (χ2n) is 6.78. The number of hydrogen-bond acceptors (Lipinski definition) is 3. The predicted molar refractivity (Wildman–Crippen MR) is 92.2 cm³/mol. The van der Waals surface area contributed by atoms with Gasteiger partial charge in [-0.2, -0.15) is 26.3 Å². The molecule has 1 N–H and O–H groups in total. The minimum absolute atomic E-state index is 0.00334. The number of halogens is 6. The first-order chi connectivity index (χ1) is 13.3. The van der Waals surface area contributed by atoms with E-state index < -0.39 is 35.1 Å². The fraction of sp³-hybridized carbons (Fsp3) is 0.529. The van der Waals surface area contributed by atoms with Gasteiger partial charge in [0.1, 0.15) is 0 Å². The van der Waals surface area contributed by atoms with Gasteiger partial charge in [-0.3, -0.25) is 9.69 Å². The first kappa shape index (κ1) is 22.8. The fourth-order valence-electron chi connectivity index (χ4n) is 2.81. The number of nitrogens with one attached hydrogen (secondary N) is 1. The van der Waals surface area contributed by atoms with Crippen LogP contribution >= 0.6 is 0 Å². The first-order valence-corrected chi connectivity index (χ1v) is 8.55. The van der Waals surface area contributed by atoms with Crippen LogP contribution in [0.1, 0.15) is 11.1 Å². The Morgan fingerprint density at radius 2 is 1.41 bits per heavy atom. The van der Waals surface area contributed by atoms with E-state index in [1.807, 2.05) is 0 Å². The third kappa shape index (κ3) is 6.24. The van der Waals surface area contributed by atoms with Crippen LogP contribution in [0.4, 0.5) is 36.8 Å². The first-order valence-electron chi connectivity index (χ1n) is 8.55. The van der Waals surface area contributed by atoms with Crippen molar-refractivity contribution in [2.45, 2.75) is 12.4 Å². The van der Waals surface area contributed by atoms with Crippen LogP contribution in [-0.2, 0) is 17.1 Å². The number of piperazine rings is 1. The zero-order chi connectivity index (χ0) is 22.0. The second-order valence-corrected chi connectivity index (χ2v) is 6.78. The summed E-state index contributed by atoms with van der Waals surface area (Å²) in [6.45, 7) is 1.19. The number of carbonyl (C=O) groups is 2. The molecule has 1 heterocycles. The van der Waals surface area contributed by atoms with E-state index in [4.69, 9.17) is 0 Å². The van der Waals surface area contributed by atoms with Crippen LogP contribution in [-0.4, -0.2) is 73.5 Å². The molecule has 0 aromatic heterocycles. The summed E-state index contributed by atoms with van der Waals surface area (Å²) in [5, 5.41) is 2.10. The van der Waals surface area contributed by atoms with Crippen LogP contribution in [0.5, 0.6) is 0 Å². The Balaban J connectivity index is 2.03. The number of urea groups is 1. The molecule has 1 aromatic rings. The van der Waals surface area contributed by atoms with Crippen molar-refractivity contribution in [3.8, 4) is 0 Å². The number of nitrogens with zero attached hydrogens (tertiary/aromatic N) is 3. The van der Waals surface area contributed by atoms with E-state index in [9.17, 15) is 35.9 Å². The van der Waals surface area contributed by atoms with Crippen LogP contribution in [0.25, 0.3) is 0 Å². The van der Waals surface area contributed by atoms with Crippen LogP contribution in [0.15, 0.2) is 18.2 Å². The van der Waals surface area contributed by atoms with Crippen LogP contribution < -0.4 is 5.32 Å². The molecule has 0 radical (unpaired) electrons. The Bertz CT molecular complexity index is 723. The van der Waals surface area contributed by atoms with Crippen molar-refractivity contribution in [1.29, 1.82) is 0 Å². The molecule has 12 heteroatoms. The van der Waals surface area contributed by atoms with E-state index in [0.29, 0.717) is 38.3 Å². The van der Waals surface area contributed by atoms with E-state index in [-0.39, 0.29) is 18.6 Å². The van der Waals surface area contributed by atoms with Gasteiger partial charge in [-0.1, -0.05) is 0 Å². The van der Waals surface area contributed by atoms with E-state index in [0.717, 1.165) is 0 Å². The van der Waals surface area contributed by atoms with E-state index >= 15 is 0 Å². The van der Waals surface area contributed by atoms with Gasteiger partial charge in [-0.15, -0.1) is 0 Å². The van der Waals surface area contributed by atoms with Crippen molar-refractivity contribution in [3.05, 3.63) is 29.3 Å². The van der Waals surface area contributed by atoms with Gasteiger partial charge in [0.15, 0.2) is 0 Å². The highest BCUT2D eigenvalue weighted by Crippen LogP contribution is 2.37. The Hall–Kier alpha value is -2.50. The molecule has 1 aliphatic heterocycles. The summed E-state index contributed by atoms with van der Waals surface area (Å²) in [7, 11) is 3.21. The summed E-state index contributed by atoms with van der Waals surface area (Å²) in [6, 6.07) is 0.732. The summed E-state index contributed by atoms with van der Waals surface area (Å²) in [6.07, 6.45) is -9.98. The van der Waals surface area contributed by atoms with Gasteiger partial charge in [-0.25, -0.2) is 4.79 Å². The van der Waals surface area contributed by atoms with Gasteiger partial charge >= 0.3 is 18.4 Å². The zero-order valence-electron chi connectivity index (χ0n) is 15.7. The van der Waals surface area contributed by atoms with E-state index in [2.05, 4.69) is 5.32 Å². The maximum Gasteiger partial charge on any atom is 0.416 e. The maximum atomic E-state index is 12.9. The number of amides is 3. The molecule has 0 atom stereocenters. The fourth-order valence-corrected chi connectivity index (χ4v) is 2.81. The molecular weight excluding hydrogens is 406 g/mol. The molecule has 6 nitrogen and oxygen atoms in total. The van der Waals surface area contributed by atoms with Gasteiger partial charge in [0.25, 0.3) is 0 Å². The quantitative estimate of drug-likeness (QED) is 0.757. The molecule has 162 valence electrons. The molecule has 0 unspecified atom stereocenters. The Labute approximate surface area is 163 Å². The van der Waals surface area contributed by atoms with Crippen molar-refractivity contribution in [3.63, 3.8) is 0 Å². The lowest BCUT2D eigenvalue weighted by molar-refractivity contribution is -0.143. The molecule has 1 aliphatic rings. The SMILES string of the molecule is CN(C)C(=O)N1CCN(CC(=O)Nc2cc(C(F)(F)F)cc(C(F)(F)F)c2)CC1. The van der Waals surface area contributed by atoms with Crippen molar-refractivity contribution in [1.82, 2.24) is 14.7 Å². The van der Waals surface area contributed by atoms with Gasteiger partial charge < -0.3 is 15.1 Å². The van der Waals surface area contributed by atoms with Crippen molar-refractivity contribution >= 4 is 17.6 Å². The van der Waals surface area contributed by atoms with Crippen LogP contribution in [0.2, 0.25) is 0 Å². The molecule has 29 heavy (non-hydrogen) atoms. The van der Waals surface area contributed by atoms with Gasteiger partial charge in [0, 0.05) is 46.0 Å². The average molecular weight is 426 g/mol. The molecule has 1 saturated heterocycles. The summed E-state index contributed by atoms with van der Waals surface area (Å²) in [4.78, 5) is 28.6. The molecular formula is C17H20F6N4O2. The summed E-state index contributed by atoms with van der Waals surface area (Å²) < 4.78 is 77.3. The number of anilines is 1. The lowest BCUT2D eigenvalue weighted by Crippen LogP contribution is -2.52. The lowest BCUT2D eigenvalue weighted by atomic mass is 10.1. The third-order valence-electron chi connectivity index (χ3n) is 4.26. The van der Waals surface area contributed by atoms with Crippen molar-refractivity contribution in [2.24, 2.45) is 0 Å². The molecule has 0 aliphatic carbocycles. The third-order valence-corrected chi connectivity index (χ3v) is 4.26. The highest BCUT2D eigenvalue weighted by molar-refractivity contribution is 5.92. The predicted octanol–water partition coefficient (Wildman–Crippen LogP) is 2.96. The Morgan fingerprint density at radius 1 is 0.931 bits per heavy atom. The topological polar surface area (TPSA) is 55.9 Å². The summed E-state index contributed by atoms with van der Waals surface area (Å²) in [5.74, 6) is -0.746. The molecule has 2 rings (SSSR count). The number of benzene rings is 1. The minimum Gasteiger partial charge on any atom is -0.331 e. The van der Waals surface area contributed by atoms with Gasteiger partial charge in [-0.05, 0) is 18.2 Å². The van der Waals surface area contributed by atoms with E-state index in [1.54, 1.807) is 23.9 Å². The van der Waals surface area contributed by atoms with Crippen molar-refractivity contribution < 1.29 is 35.9 Å². The second kappa shape index (κ2) is 8.47. The van der Waals surface area contributed by atoms with Crippen LogP contribution in [0, 0.1) is 0 Å². The van der Waals surface area contributed by atoms with Crippen LogP contribution in [0.3, 0.4) is 0 Å². The highest BCUT2D eigenvalue weighted by atomic mass is 19.4. The van der Waals surface area contributed by atoms with Gasteiger partial charge in [0.05, 0.1) is 17.7 Å². The largest absolute Gasteiger partial charge is 0.416 e. The van der Waals surface area contributed by atoms with Crippen molar-refractivity contribution in [2.75, 3.05) is 52.1 Å². The molecule has 3 amide bonds. The summed E-state index contributed by atoms with van der Waals surface area (Å²) in [5.41, 5.74) is -3.59. The number of alkyl halides is 6. The maximum absolute atomic E-state index is 12.9. The molecule has 1 fully saturated rings. The molecule has 0 saturated carbocycles. The normalized spacial score (nSPS) is 15.9. The van der Waals surface area contributed by atoms with E-state index in [1.165, 1.54) is 4.90 Å². The Morgan fingerprint density at radius 3 is 1.83 bits per heavy atom. The molecule has 1 aromatic carbocycles. The number of rotatable bonds is 3. The standard InChI is InChI=1S/C17H20F6N4O2/c1-25(2)15(29)27-5-3-26(4-6-27)10-14(28)24-13-8-11(16(18,19)20)7-12(9-13)17(21,22)23/h7-9H,3-6,10H2,1-2H3,(H,24,28). The number of hydrogen-bond donors (Lipinski definition) is 1. The lowest BCUT2D eigenvalue weighted by Gasteiger charge is -2.35. The highest BCUT2D eigenvalue weighted by Gasteiger charge is 2.37. The minimum atomic E-state index is -4.99. The molecule has 0 bridgehead atoms. The zero-order valence-corrected chi connectivity index (χ0v) is 15.7.